The minimum Gasteiger partial charge on any atom is -0.297 e. The van der Waals surface area contributed by atoms with Gasteiger partial charge in [0.15, 0.2) is 5.78 Å². The van der Waals surface area contributed by atoms with Crippen LogP contribution in [-0.2, 0) is 4.79 Å². The third kappa shape index (κ3) is 0.335. The predicted octanol–water partition coefficient (Wildman–Crippen LogP) is 0.563. The van der Waals surface area contributed by atoms with Gasteiger partial charge in [-0.1, -0.05) is 0 Å². The highest BCUT2D eigenvalue weighted by molar-refractivity contribution is 6.05. The van der Waals surface area contributed by atoms with Gasteiger partial charge in [-0.2, -0.15) is 0 Å². The largest absolute Gasteiger partial charge is 0.297 e. The average molecular weight is 109 g/mol. The van der Waals surface area contributed by atoms with Gasteiger partial charge in [0.2, 0.25) is 0 Å². The van der Waals surface area contributed by atoms with Gasteiger partial charge in [0.1, 0.15) is 5.54 Å². The Morgan fingerprint density at radius 1 is 1.62 bits per heavy atom. The monoisotopic (exact) mass is 109 g/mol. The van der Waals surface area contributed by atoms with Gasteiger partial charge in [-0.05, 0) is 12.8 Å². The molecule has 0 radical (unpaired) electrons. The maximum atomic E-state index is 10.8. The van der Waals surface area contributed by atoms with Gasteiger partial charge in [-0.15, -0.1) is 0 Å². The summed E-state index contributed by atoms with van der Waals surface area (Å²) in [6.07, 6.45) is 4.33. The van der Waals surface area contributed by atoms with E-state index in [0.717, 1.165) is 12.8 Å². The highest BCUT2D eigenvalue weighted by atomic mass is 16.1. The number of aliphatic imine (C=N–C) groups is 1. The van der Waals surface area contributed by atoms with E-state index in [1.165, 1.54) is 0 Å². The molecular formula is C6H7NO. The maximum absolute atomic E-state index is 10.8. The second-order valence-electron chi connectivity index (χ2n) is 2.47. The molecule has 1 saturated carbocycles. The molecule has 2 aliphatic rings. The Hall–Kier alpha value is -0.660. The molecule has 2 heteroatoms. The molecule has 0 amide bonds. The average Bonchev–Trinajstić information content (AvgIpc) is 2.39. The lowest BCUT2D eigenvalue weighted by Gasteiger charge is -1.94. The van der Waals surface area contributed by atoms with Crippen LogP contribution in [0.1, 0.15) is 19.3 Å². The summed E-state index contributed by atoms with van der Waals surface area (Å²) < 4.78 is 0. The highest BCUT2D eigenvalue weighted by Gasteiger charge is 2.50. The van der Waals surface area contributed by atoms with Crippen LogP contribution in [0.3, 0.4) is 0 Å². The van der Waals surface area contributed by atoms with Crippen molar-refractivity contribution in [3.63, 3.8) is 0 Å². The molecule has 8 heavy (non-hydrogen) atoms. The second kappa shape index (κ2) is 1.02. The van der Waals surface area contributed by atoms with Crippen molar-refractivity contribution in [3.8, 4) is 0 Å². The molecule has 0 atom stereocenters. The molecule has 1 spiro atoms. The summed E-state index contributed by atoms with van der Waals surface area (Å²) >= 11 is 0. The van der Waals surface area contributed by atoms with Crippen LogP contribution >= 0.6 is 0 Å². The molecule has 0 aromatic heterocycles. The molecule has 2 rings (SSSR count). The molecule has 0 N–H and O–H groups in total. The minimum absolute atomic E-state index is 0.167. The third-order valence-corrected chi connectivity index (χ3v) is 1.86. The fourth-order valence-electron chi connectivity index (χ4n) is 1.09. The van der Waals surface area contributed by atoms with E-state index in [-0.39, 0.29) is 5.54 Å². The normalized spacial score (nSPS) is 29.8. The van der Waals surface area contributed by atoms with Crippen LogP contribution in [-0.4, -0.2) is 17.5 Å². The number of carbonyl (C=O) groups excluding carboxylic acids is 1. The van der Waals surface area contributed by atoms with Gasteiger partial charge < -0.3 is 0 Å². The van der Waals surface area contributed by atoms with Gasteiger partial charge in [0.05, 0.1) is 0 Å². The van der Waals surface area contributed by atoms with E-state index in [1.54, 1.807) is 6.21 Å². The number of hydrogen-bond acceptors (Lipinski definition) is 2. The Morgan fingerprint density at radius 2 is 2.38 bits per heavy atom. The van der Waals surface area contributed by atoms with Gasteiger partial charge in [-0.3, -0.25) is 9.79 Å². The molecule has 0 unspecified atom stereocenters. The van der Waals surface area contributed by atoms with Crippen molar-refractivity contribution in [1.29, 1.82) is 0 Å². The first-order valence-corrected chi connectivity index (χ1v) is 2.90. The predicted molar refractivity (Wildman–Crippen MR) is 30.1 cm³/mol. The SMILES string of the molecule is O=C1CC=NC12CC2. The van der Waals surface area contributed by atoms with Crippen molar-refractivity contribution in [3.05, 3.63) is 0 Å². The summed E-state index contributed by atoms with van der Waals surface area (Å²) in [6, 6.07) is 0. The maximum Gasteiger partial charge on any atom is 0.165 e. The van der Waals surface area contributed by atoms with Crippen molar-refractivity contribution < 1.29 is 4.79 Å². The number of nitrogens with zero attached hydrogens (tertiary/aromatic N) is 1. The van der Waals surface area contributed by atoms with Crippen molar-refractivity contribution in [2.75, 3.05) is 0 Å². The Bertz CT molecular complexity index is 167. The first kappa shape index (κ1) is 4.24. The fourth-order valence-corrected chi connectivity index (χ4v) is 1.09. The summed E-state index contributed by atoms with van der Waals surface area (Å²) in [7, 11) is 0. The molecular weight excluding hydrogens is 102 g/mol. The molecule has 1 aliphatic carbocycles. The Balaban J connectivity index is 2.35. The fraction of sp³-hybridized carbons (Fsp3) is 0.667. The molecule has 0 bridgehead atoms. The summed E-state index contributed by atoms with van der Waals surface area (Å²) in [4.78, 5) is 14.9. The van der Waals surface area contributed by atoms with Crippen molar-refractivity contribution in [2.24, 2.45) is 4.99 Å². The van der Waals surface area contributed by atoms with E-state index in [4.69, 9.17) is 0 Å². The molecule has 42 valence electrons. The Labute approximate surface area is 47.6 Å². The highest BCUT2D eigenvalue weighted by Crippen LogP contribution is 2.43. The van der Waals surface area contributed by atoms with Gasteiger partial charge in [-0.25, -0.2) is 0 Å². The van der Waals surface area contributed by atoms with Crippen LogP contribution in [0.2, 0.25) is 0 Å². The van der Waals surface area contributed by atoms with Gasteiger partial charge >= 0.3 is 0 Å². The van der Waals surface area contributed by atoms with Crippen LogP contribution in [0.4, 0.5) is 0 Å². The van der Waals surface area contributed by atoms with E-state index in [0.29, 0.717) is 12.2 Å². The molecule has 1 fully saturated rings. The van der Waals surface area contributed by atoms with Crippen molar-refractivity contribution in [1.82, 2.24) is 0 Å². The molecule has 2 nitrogen and oxygen atoms in total. The number of carbonyl (C=O) groups is 1. The van der Waals surface area contributed by atoms with E-state index in [1.807, 2.05) is 0 Å². The Morgan fingerprint density at radius 3 is 2.62 bits per heavy atom. The van der Waals surface area contributed by atoms with Gasteiger partial charge in [0.25, 0.3) is 0 Å². The molecule has 0 aromatic carbocycles. The summed E-state index contributed by atoms with van der Waals surface area (Å²) in [6.45, 7) is 0. The third-order valence-electron chi connectivity index (χ3n) is 1.86. The standard InChI is InChI=1S/C6H7NO/c8-5-1-4-7-6(5)2-3-6/h4H,1-3H2. The topological polar surface area (TPSA) is 29.4 Å². The van der Waals surface area contributed by atoms with E-state index < -0.39 is 0 Å². The number of rotatable bonds is 0. The number of hydrogen-bond donors (Lipinski definition) is 0. The smallest absolute Gasteiger partial charge is 0.165 e. The first-order chi connectivity index (χ1) is 3.83. The lowest BCUT2D eigenvalue weighted by atomic mass is 10.2. The zero-order valence-corrected chi connectivity index (χ0v) is 4.55. The van der Waals surface area contributed by atoms with Crippen LogP contribution in [0, 0.1) is 0 Å². The summed E-state index contributed by atoms with van der Waals surface area (Å²) in [5.41, 5.74) is -0.167. The van der Waals surface area contributed by atoms with Crippen molar-refractivity contribution >= 4 is 12.0 Å². The van der Waals surface area contributed by atoms with Crippen LogP contribution in [0.15, 0.2) is 4.99 Å². The van der Waals surface area contributed by atoms with Crippen LogP contribution in [0.25, 0.3) is 0 Å². The number of Topliss-reactive ketones (excluding diaryl/α,β-unsaturated/α-hetero) is 1. The Kier molecular flexibility index (Phi) is 0.539. The van der Waals surface area contributed by atoms with E-state index in [2.05, 4.69) is 4.99 Å². The quantitative estimate of drug-likeness (QED) is 0.447. The lowest BCUT2D eigenvalue weighted by Crippen LogP contribution is -2.12. The summed E-state index contributed by atoms with van der Waals surface area (Å²) in [5.74, 6) is 0.331. The van der Waals surface area contributed by atoms with Crippen molar-refractivity contribution in [2.45, 2.75) is 24.8 Å². The minimum atomic E-state index is -0.167. The molecule has 0 saturated heterocycles. The van der Waals surface area contributed by atoms with Crippen LogP contribution in [0.5, 0.6) is 0 Å². The first-order valence-electron chi connectivity index (χ1n) is 2.90. The van der Waals surface area contributed by atoms with Gasteiger partial charge in [0, 0.05) is 12.6 Å². The lowest BCUT2D eigenvalue weighted by molar-refractivity contribution is -0.119. The van der Waals surface area contributed by atoms with Crippen LogP contribution < -0.4 is 0 Å². The molecule has 1 aliphatic heterocycles. The molecule has 0 aromatic rings. The van der Waals surface area contributed by atoms with E-state index >= 15 is 0 Å². The molecule has 1 heterocycles. The number of ketones is 1. The summed E-state index contributed by atoms with van der Waals surface area (Å²) in [5, 5.41) is 0. The zero-order chi connectivity index (χ0) is 5.61. The zero-order valence-electron chi connectivity index (χ0n) is 4.55. The van der Waals surface area contributed by atoms with E-state index in [9.17, 15) is 4.79 Å². The second-order valence-corrected chi connectivity index (χ2v) is 2.47.